The fourth-order valence-electron chi connectivity index (χ4n) is 1.81. The molecule has 3 nitrogen and oxygen atoms in total. The van der Waals surface area contributed by atoms with E-state index in [2.05, 4.69) is 17.9 Å². The maximum atomic E-state index is 5.97. The molecular weight excluding hydrogens is 256 g/mol. The van der Waals surface area contributed by atoms with Gasteiger partial charge in [0.25, 0.3) is 0 Å². The van der Waals surface area contributed by atoms with Crippen LogP contribution in [0.15, 0.2) is 12.1 Å². The number of hydrogen-bond acceptors (Lipinski definition) is 4. The van der Waals surface area contributed by atoms with Gasteiger partial charge in [-0.15, -0.1) is 11.3 Å². The summed E-state index contributed by atoms with van der Waals surface area (Å²) in [5.41, 5.74) is 5.88. The van der Waals surface area contributed by atoms with E-state index in [-0.39, 0.29) is 6.04 Å². The van der Waals surface area contributed by atoms with Gasteiger partial charge in [0.05, 0.1) is 17.0 Å². The summed E-state index contributed by atoms with van der Waals surface area (Å²) in [5, 5.41) is 0. The maximum absolute atomic E-state index is 5.97. The van der Waals surface area contributed by atoms with Crippen molar-refractivity contribution in [3.63, 3.8) is 0 Å². The molecule has 0 amide bonds. The van der Waals surface area contributed by atoms with E-state index in [1.807, 2.05) is 13.0 Å². The van der Waals surface area contributed by atoms with Gasteiger partial charge in [0.15, 0.2) is 0 Å². The quantitative estimate of drug-likeness (QED) is 0.742. The molecule has 0 aromatic carbocycles. The predicted molar refractivity (Wildman–Crippen MR) is 74.9 cm³/mol. The van der Waals surface area contributed by atoms with Gasteiger partial charge in [-0.3, -0.25) is 4.90 Å². The zero-order chi connectivity index (χ0) is 12.7. The first kappa shape index (κ1) is 14.9. The second kappa shape index (κ2) is 8.06. The average molecular weight is 277 g/mol. The third-order valence-corrected chi connectivity index (χ3v) is 4.05. The summed E-state index contributed by atoms with van der Waals surface area (Å²) in [7, 11) is 0. The number of nitrogens with zero attached hydrogens (tertiary/aromatic N) is 1. The summed E-state index contributed by atoms with van der Waals surface area (Å²) >= 11 is 7.58. The minimum absolute atomic E-state index is 0.248. The van der Waals surface area contributed by atoms with Gasteiger partial charge < -0.3 is 10.5 Å². The molecule has 0 bridgehead atoms. The molecule has 5 heteroatoms. The summed E-state index contributed by atoms with van der Waals surface area (Å²) in [6.07, 6.45) is 0. The highest BCUT2D eigenvalue weighted by Gasteiger charge is 2.19. The van der Waals surface area contributed by atoms with Gasteiger partial charge in [-0.05, 0) is 25.6 Å². The molecule has 98 valence electrons. The smallest absolute Gasteiger partial charge is 0.0931 e. The summed E-state index contributed by atoms with van der Waals surface area (Å²) in [6.45, 7) is 8.14. The number of rotatable bonds is 8. The monoisotopic (exact) mass is 276 g/mol. The van der Waals surface area contributed by atoms with E-state index in [9.17, 15) is 0 Å². The Bertz CT molecular complexity index is 319. The fourth-order valence-corrected chi connectivity index (χ4v) is 3.02. The number of halogens is 1. The Hall–Kier alpha value is -0.130. The lowest BCUT2D eigenvalue weighted by atomic mass is 10.2. The Morgan fingerprint density at radius 1 is 1.47 bits per heavy atom. The third-order valence-electron chi connectivity index (χ3n) is 2.72. The molecule has 0 aliphatic heterocycles. The number of likely N-dealkylation sites (N-methyl/N-ethyl adjacent to an activating group) is 1. The first-order valence-corrected chi connectivity index (χ1v) is 7.19. The van der Waals surface area contributed by atoms with E-state index in [0.717, 1.165) is 30.6 Å². The van der Waals surface area contributed by atoms with Crippen LogP contribution in [-0.4, -0.2) is 37.7 Å². The second-order valence-electron chi connectivity index (χ2n) is 3.72. The molecule has 2 N–H and O–H groups in total. The van der Waals surface area contributed by atoms with Crippen molar-refractivity contribution < 1.29 is 4.74 Å². The van der Waals surface area contributed by atoms with Crippen LogP contribution in [0, 0.1) is 0 Å². The Morgan fingerprint density at radius 3 is 2.71 bits per heavy atom. The lowest BCUT2D eigenvalue weighted by Crippen LogP contribution is -2.35. The molecule has 0 fully saturated rings. The van der Waals surface area contributed by atoms with E-state index in [4.69, 9.17) is 22.1 Å². The van der Waals surface area contributed by atoms with Crippen molar-refractivity contribution in [2.24, 2.45) is 5.73 Å². The Balaban J connectivity index is 2.62. The van der Waals surface area contributed by atoms with Crippen LogP contribution < -0.4 is 5.73 Å². The number of nitrogens with two attached hydrogens (primary N) is 1. The van der Waals surface area contributed by atoms with Crippen molar-refractivity contribution in [3.05, 3.63) is 21.3 Å². The van der Waals surface area contributed by atoms with E-state index < -0.39 is 0 Å². The van der Waals surface area contributed by atoms with Crippen molar-refractivity contribution in [2.45, 2.75) is 19.9 Å². The van der Waals surface area contributed by atoms with Gasteiger partial charge in [0.2, 0.25) is 0 Å². The molecule has 0 aliphatic carbocycles. The largest absolute Gasteiger partial charge is 0.380 e. The molecule has 0 radical (unpaired) electrons. The minimum atomic E-state index is 0.248. The second-order valence-corrected chi connectivity index (χ2v) is 5.47. The van der Waals surface area contributed by atoms with Crippen molar-refractivity contribution in [1.82, 2.24) is 4.90 Å². The summed E-state index contributed by atoms with van der Waals surface area (Å²) < 4.78 is 6.22. The van der Waals surface area contributed by atoms with Crippen molar-refractivity contribution in [3.8, 4) is 0 Å². The number of hydrogen-bond donors (Lipinski definition) is 1. The molecule has 0 saturated carbocycles. The van der Waals surface area contributed by atoms with Gasteiger partial charge >= 0.3 is 0 Å². The first-order valence-electron chi connectivity index (χ1n) is 6.00. The Labute approximate surface area is 113 Å². The summed E-state index contributed by atoms with van der Waals surface area (Å²) in [5.74, 6) is 0. The van der Waals surface area contributed by atoms with Crippen LogP contribution in [0.2, 0.25) is 4.34 Å². The van der Waals surface area contributed by atoms with Crippen LogP contribution in [0.5, 0.6) is 0 Å². The molecule has 1 rings (SSSR count). The molecule has 1 aromatic rings. The molecule has 1 unspecified atom stereocenters. The van der Waals surface area contributed by atoms with Gasteiger partial charge in [0, 0.05) is 24.6 Å². The summed E-state index contributed by atoms with van der Waals surface area (Å²) in [4.78, 5) is 3.56. The molecule has 1 heterocycles. The molecular formula is C12H21ClN2OS. The lowest BCUT2D eigenvalue weighted by molar-refractivity contribution is 0.0988. The van der Waals surface area contributed by atoms with Crippen LogP contribution in [0.4, 0.5) is 0 Å². The zero-order valence-electron chi connectivity index (χ0n) is 10.5. The van der Waals surface area contributed by atoms with Crippen molar-refractivity contribution in [2.75, 3.05) is 32.8 Å². The van der Waals surface area contributed by atoms with Gasteiger partial charge in [-0.2, -0.15) is 0 Å². The highest BCUT2D eigenvalue weighted by molar-refractivity contribution is 7.16. The third kappa shape index (κ3) is 4.56. The van der Waals surface area contributed by atoms with Gasteiger partial charge in [-0.1, -0.05) is 18.5 Å². The first-order chi connectivity index (χ1) is 8.22. The predicted octanol–water partition coefficient (Wildman–Crippen LogP) is 2.76. The molecule has 1 atom stereocenters. The van der Waals surface area contributed by atoms with Crippen LogP contribution in [-0.2, 0) is 4.74 Å². The lowest BCUT2D eigenvalue weighted by Gasteiger charge is -2.28. The van der Waals surface area contributed by atoms with Crippen LogP contribution in [0.1, 0.15) is 24.8 Å². The standard InChI is InChI=1S/C12H21ClN2OS/c1-3-15(7-8-16-4-2)10(9-14)11-5-6-12(13)17-11/h5-6,10H,3-4,7-9,14H2,1-2H3. The molecule has 0 saturated heterocycles. The van der Waals surface area contributed by atoms with Crippen LogP contribution >= 0.6 is 22.9 Å². The Morgan fingerprint density at radius 2 is 2.24 bits per heavy atom. The van der Waals surface area contributed by atoms with Gasteiger partial charge in [0.1, 0.15) is 0 Å². The summed E-state index contributed by atoms with van der Waals surface area (Å²) in [6, 6.07) is 4.24. The highest BCUT2D eigenvalue weighted by Crippen LogP contribution is 2.29. The fraction of sp³-hybridized carbons (Fsp3) is 0.667. The van der Waals surface area contributed by atoms with E-state index in [0.29, 0.717) is 6.54 Å². The minimum Gasteiger partial charge on any atom is -0.380 e. The van der Waals surface area contributed by atoms with Crippen LogP contribution in [0.25, 0.3) is 0 Å². The topological polar surface area (TPSA) is 38.5 Å². The Kier molecular flexibility index (Phi) is 7.08. The molecule has 1 aromatic heterocycles. The highest BCUT2D eigenvalue weighted by atomic mass is 35.5. The van der Waals surface area contributed by atoms with Crippen molar-refractivity contribution in [1.29, 1.82) is 0 Å². The van der Waals surface area contributed by atoms with E-state index in [1.165, 1.54) is 4.88 Å². The number of thiophene rings is 1. The SMILES string of the molecule is CCOCCN(CC)C(CN)c1ccc(Cl)s1. The molecule has 17 heavy (non-hydrogen) atoms. The zero-order valence-corrected chi connectivity index (χ0v) is 12.1. The van der Waals surface area contributed by atoms with E-state index in [1.54, 1.807) is 11.3 Å². The van der Waals surface area contributed by atoms with Gasteiger partial charge in [-0.25, -0.2) is 0 Å². The molecule has 0 aliphatic rings. The normalized spacial score (nSPS) is 13.2. The maximum Gasteiger partial charge on any atom is 0.0931 e. The number of ether oxygens (including phenoxy) is 1. The van der Waals surface area contributed by atoms with Crippen LogP contribution in [0.3, 0.4) is 0 Å². The van der Waals surface area contributed by atoms with E-state index >= 15 is 0 Å². The van der Waals surface area contributed by atoms with Crippen molar-refractivity contribution >= 4 is 22.9 Å². The molecule has 0 spiro atoms. The average Bonchev–Trinajstić information content (AvgIpc) is 2.75.